The minimum Gasteiger partial charge on any atom is -0.394 e. The first-order chi connectivity index (χ1) is 11.5. The van der Waals surface area contributed by atoms with E-state index in [0.717, 1.165) is 6.26 Å². The number of nitrogens with one attached hydrogen (secondary N) is 1. The quantitative estimate of drug-likeness (QED) is 0.310. The number of nitro groups is 1. The van der Waals surface area contributed by atoms with Crippen LogP contribution in [0.25, 0.3) is 0 Å². The van der Waals surface area contributed by atoms with Crippen molar-refractivity contribution in [2.45, 2.75) is 24.6 Å². The van der Waals surface area contributed by atoms with Crippen LogP contribution in [0.1, 0.15) is 18.1 Å². The molecular formula is C14H21N3O7S. The zero-order chi connectivity index (χ0) is 19.2. The SMILES string of the molecule is CS(=O)(=O)CC[C@H](N)C(=O)N[C@@H](CO)[C@@H](O)c1ccc([N+](=O)[O-])cc1. The van der Waals surface area contributed by atoms with Gasteiger partial charge in [-0.3, -0.25) is 14.9 Å². The van der Waals surface area contributed by atoms with E-state index in [0.29, 0.717) is 0 Å². The molecule has 0 bridgehead atoms. The number of carbonyl (C=O) groups excluding carboxylic acids is 1. The molecule has 0 unspecified atom stereocenters. The van der Waals surface area contributed by atoms with Crippen molar-refractivity contribution in [2.75, 3.05) is 18.6 Å². The normalized spacial score (nSPS) is 15.2. The molecule has 0 heterocycles. The Bertz CT molecular complexity index is 706. The molecule has 1 aromatic rings. The number of carbonyl (C=O) groups is 1. The molecular weight excluding hydrogens is 354 g/mol. The molecule has 3 atom stereocenters. The Kier molecular flexibility index (Phi) is 7.42. The summed E-state index contributed by atoms with van der Waals surface area (Å²) in [7, 11) is -3.27. The van der Waals surface area contributed by atoms with Crippen LogP contribution in [0.5, 0.6) is 0 Å². The second kappa shape index (κ2) is 8.85. The van der Waals surface area contributed by atoms with Crippen molar-refractivity contribution in [3.8, 4) is 0 Å². The average molecular weight is 375 g/mol. The maximum atomic E-state index is 12.0. The van der Waals surface area contributed by atoms with Gasteiger partial charge in [0.05, 0.1) is 29.4 Å². The zero-order valence-corrected chi connectivity index (χ0v) is 14.3. The summed E-state index contributed by atoms with van der Waals surface area (Å²) < 4.78 is 22.2. The average Bonchev–Trinajstić information content (AvgIpc) is 2.56. The lowest BCUT2D eigenvalue weighted by Gasteiger charge is -2.24. The second-order valence-corrected chi connectivity index (χ2v) is 7.88. The zero-order valence-electron chi connectivity index (χ0n) is 13.5. The van der Waals surface area contributed by atoms with Gasteiger partial charge in [-0.25, -0.2) is 8.42 Å². The van der Waals surface area contributed by atoms with Crippen molar-refractivity contribution in [2.24, 2.45) is 5.73 Å². The molecule has 5 N–H and O–H groups in total. The maximum Gasteiger partial charge on any atom is 0.269 e. The Morgan fingerprint density at radius 3 is 2.36 bits per heavy atom. The van der Waals surface area contributed by atoms with Gasteiger partial charge in [-0.2, -0.15) is 0 Å². The molecule has 0 fully saturated rings. The molecule has 1 amide bonds. The first-order valence-electron chi connectivity index (χ1n) is 7.32. The third kappa shape index (κ3) is 6.74. The predicted molar refractivity (Wildman–Crippen MR) is 89.4 cm³/mol. The fourth-order valence-corrected chi connectivity index (χ4v) is 2.69. The van der Waals surface area contributed by atoms with Crippen molar-refractivity contribution in [3.05, 3.63) is 39.9 Å². The van der Waals surface area contributed by atoms with Crippen LogP contribution in [0.2, 0.25) is 0 Å². The number of nitrogens with two attached hydrogens (primary N) is 1. The van der Waals surface area contributed by atoms with Crippen LogP contribution in [0.15, 0.2) is 24.3 Å². The van der Waals surface area contributed by atoms with E-state index in [-0.39, 0.29) is 23.4 Å². The number of aliphatic hydroxyl groups is 2. The molecule has 1 aromatic carbocycles. The minimum absolute atomic E-state index is 0.101. The number of hydrogen-bond acceptors (Lipinski definition) is 8. The summed E-state index contributed by atoms with van der Waals surface area (Å²) in [5, 5.41) is 32.5. The highest BCUT2D eigenvalue weighted by molar-refractivity contribution is 7.90. The molecule has 0 radical (unpaired) electrons. The van der Waals surface area contributed by atoms with Crippen molar-refractivity contribution >= 4 is 21.4 Å². The van der Waals surface area contributed by atoms with Crippen LogP contribution in [0, 0.1) is 10.1 Å². The molecule has 0 aliphatic heterocycles. The number of amides is 1. The van der Waals surface area contributed by atoms with Crippen LogP contribution in [0.4, 0.5) is 5.69 Å². The van der Waals surface area contributed by atoms with E-state index < -0.39 is 45.5 Å². The van der Waals surface area contributed by atoms with Crippen LogP contribution in [-0.4, -0.2) is 60.2 Å². The molecule has 0 saturated carbocycles. The van der Waals surface area contributed by atoms with Crippen LogP contribution in [-0.2, 0) is 14.6 Å². The van der Waals surface area contributed by atoms with Gasteiger partial charge >= 0.3 is 0 Å². The number of non-ortho nitro benzene ring substituents is 1. The summed E-state index contributed by atoms with van der Waals surface area (Å²) in [6.45, 7) is -0.608. The third-order valence-corrected chi connectivity index (χ3v) is 4.46. The molecule has 140 valence electrons. The van der Waals surface area contributed by atoms with Gasteiger partial charge in [0.15, 0.2) is 0 Å². The Morgan fingerprint density at radius 2 is 1.92 bits per heavy atom. The smallest absolute Gasteiger partial charge is 0.269 e. The highest BCUT2D eigenvalue weighted by Gasteiger charge is 2.25. The highest BCUT2D eigenvalue weighted by Crippen LogP contribution is 2.20. The summed E-state index contributed by atoms with van der Waals surface area (Å²) in [5.41, 5.74) is 5.70. The number of aliphatic hydroxyl groups excluding tert-OH is 2. The number of hydrogen-bond donors (Lipinski definition) is 4. The first kappa shape index (κ1) is 21.0. The van der Waals surface area contributed by atoms with Crippen LogP contribution >= 0.6 is 0 Å². The number of nitrogens with zero attached hydrogens (tertiary/aromatic N) is 1. The number of rotatable bonds is 9. The van der Waals surface area contributed by atoms with E-state index >= 15 is 0 Å². The summed E-state index contributed by atoms with van der Waals surface area (Å²) in [6.07, 6.45) is -0.403. The number of benzene rings is 1. The fourth-order valence-electron chi connectivity index (χ4n) is 2.01. The van der Waals surface area contributed by atoms with Gasteiger partial charge in [-0.1, -0.05) is 0 Å². The van der Waals surface area contributed by atoms with E-state index in [1.165, 1.54) is 24.3 Å². The molecule has 0 aliphatic carbocycles. The van der Waals surface area contributed by atoms with Gasteiger partial charge in [0, 0.05) is 18.4 Å². The Labute approximate surface area is 144 Å². The number of sulfone groups is 1. The van der Waals surface area contributed by atoms with Crippen molar-refractivity contribution < 1.29 is 28.3 Å². The summed E-state index contributed by atoms with van der Waals surface area (Å²) >= 11 is 0. The van der Waals surface area contributed by atoms with Gasteiger partial charge in [0.1, 0.15) is 15.9 Å². The van der Waals surface area contributed by atoms with Gasteiger partial charge in [0.25, 0.3) is 5.69 Å². The van der Waals surface area contributed by atoms with Crippen molar-refractivity contribution in [3.63, 3.8) is 0 Å². The molecule has 10 nitrogen and oxygen atoms in total. The van der Waals surface area contributed by atoms with Crippen molar-refractivity contribution in [1.82, 2.24) is 5.32 Å². The van der Waals surface area contributed by atoms with Crippen molar-refractivity contribution in [1.29, 1.82) is 0 Å². The second-order valence-electron chi connectivity index (χ2n) is 5.62. The molecule has 1 rings (SSSR count). The lowest BCUT2D eigenvalue weighted by atomic mass is 10.0. The van der Waals surface area contributed by atoms with Gasteiger partial charge < -0.3 is 21.3 Å². The summed E-state index contributed by atoms with van der Waals surface area (Å²) in [6, 6.07) is 2.77. The maximum absolute atomic E-state index is 12.0. The Morgan fingerprint density at radius 1 is 1.36 bits per heavy atom. The molecule has 25 heavy (non-hydrogen) atoms. The minimum atomic E-state index is -3.27. The van der Waals surface area contributed by atoms with Crippen LogP contribution < -0.4 is 11.1 Å². The lowest BCUT2D eigenvalue weighted by molar-refractivity contribution is -0.384. The monoisotopic (exact) mass is 375 g/mol. The standard InChI is InChI=1S/C14H21N3O7S/c1-25(23,24)7-6-11(15)14(20)16-12(8-18)13(19)9-2-4-10(5-3-9)17(21)22/h2-5,11-13,18-19H,6-8,15H2,1H3,(H,16,20)/t11-,12-,13-/m0/s1. The Hall–Kier alpha value is -2.08. The van der Waals surface area contributed by atoms with E-state index in [1.54, 1.807) is 0 Å². The predicted octanol–water partition coefficient (Wildman–Crippen LogP) is -1.13. The van der Waals surface area contributed by atoms with Gasteiger partial charge in [-0.15, -0.1) is 0 Å². The molecule has 0 aliphatic rings. The van der Waals surface area contributed by atoms with E-state index in [4.69, 9.17) is 5.73 Å². The topological polar surface area (TPSA) is 173 Å². The molecule has 0 aromatic heterocycles. The van der Waals surface area contributed by atoms with E-state index in [2.05, 4.69) is 5.32 Å². The van der Waals surface area contributed by atoms with E-state index in [1.807, 2.05) is 0 Å². The van der Waals surface area contributed by atoms with Crippen LogP contribution in [0.3, 0.4) is 0 Å². The summed E-state index contributed by atoms with van der Waals surface area (Å²) in [5.74, 6) is -0.986. The summed E-state index contributed by atoms with van der Waals surface area (Å²) in [4.78, 5) is 22.0. The number of nitro benzene ring substituents is 1. The molecule has 0 saturated heterocycles. The highest BCUT2D eigenvalue weighted by atomic mass is 32.2. The van der Waals surface area contributed by atoms with Gasteiger partial charge in [-0.05, 0) is 24.1 Å². The van der Waals surface area contributed by atoms with E-state index in [9.17, 15) is 33.5 Å². The van der Waals surface area contributed by atoms with Gasteiger partial charge in [0.2, 0.25) is 5.91 Å². The Balaban J connectivity index is 2.73. The molecule has 0 spiro atoms. The largest absolute Gasteiger partial charge is 0.394 e. The molecule has 11 heteroatoms. The fraction of sp³-hybridized carbons (Fsp3) is 0.500. The lowest BCUT2D eigenvalue weighted by Crippen LogP contribution is -2.49. The third-order valence-electron chi connectivity index (χ3n) is 3.49. The first-order valence-corrected chi connectivity index (χ1v) is 9.38.